The molecule has 0 radical (unpaired) electrons. The summed E-state index contributed by atoms with van der Waals surface area (Å²) in [6.07, 6.45) is 79.6. The number of ether oxygens (including phenoxy) is 2. The van der Waals surface area contributed by atoms with Crippen molar-refractivity contribution in [3.8, 4) is 0 Å². The summed E-state index contributed by atoms with van der Waals surface area (Å²) in [4.78, 5) is 13.2. The lowest BCUT2D eigenvalue weighted by atomic mass is 9.99. The lowest BCUT2D eigenvalue weighted by Gasteiger charge is -2.40. The Morgan fingerprint density at radius 2 is 0.756 bits per heavy atom. The third-order valence-corrected chi connectivity index (χ3v) is 16.6. The Bertz CT molecular complexity index is 1520. The number of carbonyl (C=O) groups is 1. The van der Waals surface area contributed by atoms with Crippen LogP contribution in [0.4, 0.5) is 0 Å². The average Bonchev–Trinajstić information content (AvgIpc) is 3.52. The van der Waals surface area contributed by atoms with Crippen molar-refractivity contribution < 1.29 is 39.8 Å². The summed E-state index contributed by atoms with van der Waals surface area (Å²) in [7, 11) is 0. The number of hydrogen-bond donors (Lipinski definition) is 6. The molecule has 0 bridgehead atoms. The Morgan fingerprint density at radius 3 is 1.12 bits per heavy atom. The molecule has 1 heterocycles. The molecule has 6 N–H and O–H groups in total. The van der Waals surface area contributed by atoms with Gasteiger partial charge in [-0.1, -0.05) is 331 Å². The lowest BCUT2D eigenvalue weighted by Crippen LogP contribution is -2.60. The standard InChI is InChI=1S/C73H133NO8/c1-3-5-7-9-11-13-15-17-19-21-23-25-27-29-31-33-34-35-37-39-41-43-45-47-49-51-53-55-57-59-61-63-69(77)74-66(65-81-73-72(80)71(79)70(78)68(64-75)82-73)67(76)62-60-58-56-54-52-50-48-46-44-42-40-38-36-32-30-28-26-24-22-20-18-16-14-12-10-8-6-4-2/h5,7,11,13,17,19,23,25,29,31,34-35,66-68,70-73,75-76,78-80H,3-4,6,8-10,12,14-16,18,20-22,24,26-28,30,32-33,36-65H2,1-2H3,(H,74,77)/b7-5-,13-11-,19-17-,25-23-,31-29-,35-34-. The molecule has 9 heteroatoms. The van der Waals surface area contributed by atoms with E-state index in [0.29, 0.717) is 12.8 Å². The number of aliphatic hydroxyl groups is 5. The number of amides is 1. The summed E-state index contributed by atoms with van der Waals surface area (Å²) in [5, 5.41) is 55.0. The van der Waals surface area contributed by atoms with E-state index in [9.17, 15) is 30.3 Å². The van der Waals surface area contributed by atoms with Crippen molar-refractivity contribution in [2.75, 3.05) is 13.2 Å². The molecule has 82 heavy (non-hydrogen) atoms. The van der Waals surface area contributed by atoms with Crippen LogP contribution < -0.4 is 5.32 Å². The van der Waals surface area contributed by atoms with Crippen LogP contribution in [-0.2, 0) is 14.3 Å². The molecule has 1 saturated heterocycles. The summed E-state index contributed by atoms with van der Waals surface area (Å²) in [5.41, 5.74) is 0. The first-order chi connectivity index (χ1) is 40.3. The van der Waals surface area contributed by atoms with Gasteiger partial charge in [0.1, 0.15) is 24.4 Å². The number of allylic oxidation sites excluding steroid dienone is 12. The predicted octanol–water partition coefficient (Wildman–Crippen LogP) is 19.1. The quantitative estimate of drug-likeness (QED) is 0.0261. The lowest BCUT2D eigenvalue weighted by molar-refractivity contribution is -0.302. The van der Waals surface area contributed by atoms with Crippen molar-refractivity contribution in [2.24, 2.45) is 0 Å². The fourth-order valence-corrected chi connectivity index (χ4v) is 11.1. The van der Waals surface area contributed by atoms with Crippen LogP contribution in [-0.4, -0.2) is 87.5 Å². The van der Waals surface area contributed by atoms with Gasteiger partial charge in [0.05, 0.1) is 25.4 Å². The number of nitrogens with one attached hydrogen (secondary N) is 1. The molecule has 9 nitrogen and oxygen atoms in total. The molecule has 1 rings (SSSR count). The van der Waals surface area contributed by atoms with E-state index in [4.69, 9.17) is 9.47 Å². The van der Waals surface area contributed by atoms with Crippen molar-refractivity contribution in [3.05, 3.63) is 72.9 Å². The molecule has 7 unspecified atom stereocenters. The van der Waals surface area contributed by atoms with Gasteiger partial charge in [-0.2, -0.15) is 0 Å². The second-order valence-corrected chi connectivity index (χ2v) is 24.3. The predicted molar refractivity (Wildman–Crippen MR) is 350 cm³/mol. The van der Waals surface area contributed by atoms with Gasteiger partial charge in [0, 0.05) is 6.42 Å². The molecule has 7 atom stereocenters. The van der Waals surface area contributed by atoms with E-state index in [-0.39, 0.29) is 12.5 Å². The molecule has 1 amide bonds. The highest BCUT2D eigenvalue weighted by Gasteiger charge is 2.44. The van der Waals surface area contributed by atoms with E-state index in [1.807, 2.05) is 0 Å². The highest BCUT2D eigenvalue weighted by Crippen LogP contribution is 2.24. The Balaban J connectivity index is 2.13. The number of hydrogen-bond acceptors (Lipinski definition) is 8. The maximum absolute atomic E-state index is 13.2. The zero-order chi connectivity index (χ0) is 59.3. The Morgan fingerprint density at radius 1 is 0.427 bits per heavy atom. The largest absolute Gasteiger partial charge is 0.394 e. The van der Waals surface area contributed by atoms with E-state index in [2.05, 4.69) is 92.1 Å². The van der Waals surface area contributed by atoms with Crippen LogP contribution in [0.2, 0.25) is 0 Å². The average molecular weight is 1150 g/mol. The Kier molecular flexibility index (Phi) is 58.4. The normalized spacial score (nSPS) is 18.7. The molecule has 0 aromatic rings. The Hall–Kier alpha value is -2.37. The molecule has 0 aromatic heterocycles. The highest BCUT2D eigenvalue weighted by molar-refractivity contribution is 5.76. The van der Waals surface area contributed by atoms with E-state index in [1.54, 1.807) is 0 Å². The van der Waals surface area contributed by atoms with Crippen molar-refractivity contribution in [1.82, 2.24) is 5.32 Å². The van der Waals surface area contributed by atoms with Crippen LogP contribution in [0.25, 0.3) is 0 Å². The molecule has 478 valence electrons. The first kappa shape index (κ1) is 77.6. The first-order valence-electron chi connectivity index (χ1n) is 35.1. The van der Waals surface area contributed by atoms with Crippen LogP contribution in [0.1, 0.15) is 328 Å². The van der Waals surface area contributed by atoms with Gasteiger partial charge in [-0.15, -0.1) is 0 Å². The zero-order valence-corrected chi connectivity index (χ0v) is 53.5. The molecule has 0 saturated carbocycles. The van der Waals surface area contributed by atoms with Gasteiger partial charge in [0.15, 0.2) is 6.29 Å². The second kappa shape index (κ2) is 61.7. The number of unbranched alkanes of at least 4 members (excludes halogenated alkanes) is 39. The topological polar surface area (TPSA) is 149 Å². The minimum Gasteiger partial charge on any atom is -0.394 e. The number of aliphatic hydroxyl groups excluding tert-OH is 5. The SMILES string of the molecule is CC/C=C\C/C=C\C/C=C\C/C=C\C/C=C\C/C=C\CCCCCCCCCCCCCCC(=O)NC(COC1OC(CO)C(O)C(O)C1O)C(O)CCCCCCCCCCCCCCCCCCCCCCCCCCCCCC. The van der Waals surface area contributed by atoms with Crippen molar-refractivity contribution >= 4 is 5.91 Å². The van der Waals surface area contributed by atoms with Gasteiger partial charge in [-0.3, -0.25) is 4.79 Å². The summed E-state index contributed by atoms with van der Waals surface area (Å²) < 4.78 is 11.4. The molecular weight excluding hydrogens is 1020 g/mol. The van der Waals surface area contributed by atoms with Crippen LogP contribution >= 0.6 is 0 Å². The van der Waals surface area contributed by atoms with Crippen LogP contribution in [0, 0.1) is 0 Å². The highest BCUT2D eigenvalue weighted by atomic mass is 16.7. The van der Waals surface area contributed by atoms with Gasteiger partial charge in [0.25, 0.3) is 0 Å². The summed E-state index contributed by atoms with van der Waals surface area (Å²) in [6.45, 7) is 3.76. The van der Waals surface area contributed by atoms with E-state index < -0.39 is 49.5 Å². The zero-order valence-electron chi connectivity index (χ0n) is 53.5. The van der Waals surface area contributed by atoms with Gasteiger partial charge in [0.2, 0.25) is 5.91 Å². The third kappa shape index (κ3) is 49.8. The number of carbonyl (C=O) groups excluding carboxylic acids is 1. The number of rotatable bonds is 61. The molecule has 0 aromatic carbocycles. The minimum atomic E-state index is -1.56. The van der Waals surface area contributed by atoms with E-state index >= 15 is 0 Å². The van der Waals surface area contributed by atoms with Crippen molar-refractivity contribution in [3.63, 3.8) is 0 Å². The van der Waals surface area contributed by atoms with E-state index in [0.717, 1.165) is 77.0 Å². The summed E-state index contributed by atoms with van der Waals surface area (Å²) in [5.74, 6) is -0.144. The molecule has 1 aliphatic heterocycles. The fraction of sp³-hybridized carbons (Fsp3) is 0.822. The molecule has 1 aliphatic rings. The Labute approximate surface area is 506 Å². The van der Waals surface area contributed by atoms with Crippen molar-refractivity contribution in [1.29, 1.82) is 0 Å². The third-order valence-electron chi connectivity index (χ3n) is 16.6. The minimum absolute atomic E-state index is 0.139. The van der Waals surface area contributed by atoms with E-state index in [1.165, 1.54) is 225 Å². The maximum atomic E-state index is 13.2. The smallest absolute Gasteiger partial charge is 0.220 e. The van der Waals surface area contributed by atoms with Crippen LogP contribution in [0.5, 0.6) is 0 Å². The summed E-state index contributed by atoms with van der Waals surface area (Å²) in [6, 6.07) is -0.726. The molecule has 0 aliphatic carbocycles. The van der Waals surface area contributed by atoms with Gasteiger partial charge < -0.3 is 40.3 Å². The molecule has 0 spiro atoms. The van der Waals surface area contributed by atoms with Crippen LogP contribution in [0.15, 0.2) is 72.9 Å². The van der Waals surface area contributed by atoms with Gasteiger partial charge in [-0.05, 0) is 64.2 Å². The van der Waals surface area contributed by atoms with Gasteiger partial charge in [-0.25, -0.2) is 0 Å². The van der Waals surface area contributed by atoms with Crippen LogP contribution in [0.3, 0.4) is 0 Å². The molecule has 1 fully saturated rings. The maximum Gasteiger partial charge on any atom is 0.220 e. The second-order valence-electron chi connectivity index (χ2n) is 24.3. The molecular formula is C73H133NO8. The van der Waals surface area contributed by atoms with Gasteiger partial charge >= 0.3 is 0 Å². The summed E-state index contributed by atoms with van der Waals surface area (Å²) >= 11 is 0. The van der Waals surface area contributed by atoms with Crippen molar-refractivity contribution in [2.45, 2.75) is 371 Å². The monoisotopic (exact) mass is 1150 g/mol. The first-order valence-corrected chi connectivity index (χ1v) is 35.1. The fourth-order valence-electron chi connectivity index (χ4n) is 11.1.